The van der Waals surface area contributed by atoms with Crippen LogP contribution in [-0.4, -0.2) is 9.97 Å². The van der Waals surface area contributed by atoms with Gasteiger partial charge in [0.2, 0.25) is 0 Å². The molecule has 0 spiro atoms. The van der Waals surface area contributed by atoms with Gasteiger partial charge in [0.15, 0.2) is 0 Å². The third kappa shape index (κ3) is 2.23. The molecule has 0 radical (unpaired) electrons. The van der Waals surface area contributed by atoms with Crippen LogP contribution in [0.5, 0.6) is 0 Å². The predicted molar refractivity (Wildman–Crippen MR) is 39.6 cm³/mol. The zero-order valence-corrected chi connectivity index (χ0v) is 5.89. The molecule has 1 rings (SSSR count). The molecule has 1 heterocycles. The van der Waals surface area contributed by atoms with Crippen molar-refractivity contribution in [3.8, 4) is 0 Å². The molecule has 0 N–H and O–H groups in total. The van der Waals surface area contributed by atoms with Crippen LogP contribution in [0, 0.1) is 6.92 Å². The molecule has 0 unspecified atom stereocenters. The van der Waals surface area contributed by atoms with Crippen LogP contribution in [0.1, 0.15) is 14.1 Å². The Morgan fingerprint density at radius 1 is 1.73 bits per heavy atom. The van der Waals surface area contributed by atoms with E-state index in [2.05, 4.69) is 20.0 Å². The van der Waals surface area contributed by atoms with Crippen molar-refractivity contribution in [3.63, 3.8) is 0 Å². The Morgan fingerprint density at radius 2 is 2.36 bits per heavy atom. The molecule has 0 aliphatic rings. The van der Waals surface area contributed by atoms with Gasteiger partial charge in [0, 0.05) is 20.0 Å². The number of aromatic nitrogens is 2. The van der Waals surface area contributed by atoms with E-state index in [9.17, 15) is 0 Å². The Balaban J connectivity index is 3.07. The first-order valence-corrected chi connectivity index (χ1v) is 2.91. The van der Waals surface area contributed by atoms with E-state index >= 15 is 0 Å². The Bertz CT molecular complexity index is 341. The Labute approximate surface area is 66.5 Å². The Morgan fingerprint density at radius 3 is 2.91 bits per heavy atom. The smallest absolute Gasteiger partial charge is 0.134 e. The fourth-order valence-corrected chi connectivity index (χ4v) is 0.517. The van der Waals surface area contributed by atoms with E-state index in [4.69, 9.17) is 8.27 Å². The Hall–Kier alpha value is -1.61. The normalized spacial score (nSPS) is 12.8. The summed E-state index contributed by atoms with van der Waals surface area (Å²) in [7, 11) is 0. The van der Waals surface area contributed by atoms with Gasteiger partial charge in [-0.15, -0.1) is 0 Å². The van der Waals surface area contributed by atoms with Crippen LogP contribution in [0.4, 0.5) is 0 Å². The molecule has 0 atom stereocenters. The van der Waals surface area contributed by atoms with Gasteiger partial charge in [0.25, 0.3) is 0 Å². The van der Waals surface area contributed by atoms with Crippen LogP contribution in [0.3, 0.4) is 0 Å². The topological polar surface area (TPSA) is 74.5 Å². The van der Waals surface area contributed by atoms with Crippen molar-refractivity contribution in [2.45, 2.75) is 13.4 Å². The van der Waals surface area contributed by atoms with Gasteiger partial charge in [-0.05, 0) is 18.0 Å². The molecule has 0 bridgehead atoms. The van der Waals surface area contributed by atoms with Crippen LogP contribution in [0.15, 0.2) is 17.5 Å². The fraction of sp³-hybridized carbons (Fsp3) is 0.333. The van der Waals surface area contributed by atoms with Crippen molar-refractivity contribution in [2.24, 2.45) is 5.11 Å². The van der Waals surface area contributed by atoms with Crippen LogP contribution >= 0.6 is 0 Å². The summed E-state index contributed by atoms with van der Waals surface area (Å²) in [6.45, 7) is -0.393. The first-order valence-electron chi connectivity index (χ1n) is 3.91. The Kier molecular flexibility index (Phi) is 1.64. The number of azide groups is 1. The summed E-state index contributed by atoms with van der Waals surface area (Å²) in [5, 5.41) is 2.95. The van der Waals surface area contributed by atoms with Gasteiger partial charge in [-0.1, -0.05) is 5.11 Å². The number of rotatable bonds is 2. The molecule has 56 valence electrons. The highest BCUT2D eigenvalue weighted by molar-refractivity contribution is 5.01. The maximum atomic E-state index is 8.08. The minimum Gasteiger partial charge on any atom is -0.241 e. The largest absolute Gasteiger partial charge is 0.241 e. The summed E-state index contributed by atoms with van der Waals surface area (Å²) in [5.41, 5.74) is 8.90. The lowest BCUT2D eigenvalue weighted by atomic mass is 10.4. The maximum Gasteiger partial charge on any atom is 0.134 e. The zero-order chi connectivity index (χ0) is 9.90. The number of hydrogen-bond acceptors (Lipinski definition) is 3. The van der Waals surface area contributed by atoms with E-state index in [1.165, 1.54) is 12.4 Å². The van der Waals surface area contributed by atoms with Crippen molar-refractivity contribution in [1.29, 1.82) is 0 Å². The van der Waals surface area contributed by atoms with E-state index in [0.29, 0.717) is 0 Å². The first-order chi connectivity index (χ1) is 6.06. The van der Waals surface area contributed by atoms with E-state index in [1.54, 1.807) is 6.92 Å². The average molecular weight is 151 g/mol. The van der Waals surface area contributed by atoms with Gasteiger partial charge < -0.3 is 0 Å². The summed E-state index contributed by atoms with van der Waals surface area (Å²) in [4.78, 5) is 9.81. The standard InChI is InChI=1S/C6H7N5/c1-5-2-8-6(9-3-5)4-10-11-7/h2-3H,4H2,1H3/i4D2. The third-order valence-corrected chi connectivity index (χ3v) is 0.976. The van der Waals surface area contributed by atoms with Gasteiger partial charge in [-0.25, -0.2) is 9.97 Å². The quantitative estimate of drug-likeness (QED) is 0.365. The molecule has 5 heteroatoms. The molecule has 0 saturated heterocycles. The van der Waals surface area contributed by atoms with Gasteiger partial charge in [0.05, 0.1) is 6.50 Å². The van der Waals surface area contributed by atoms with Crippen molar-refractivity contribution in [2.75, 3.05) is 0 Å². The predicted octanol–water partition coefficient (Wildman–Crippen LogP) is 1.60. The van der Waals surface area contributed by atoms with Gasteiger partial charge in [-0.2, -0.15) is 0 Å². The molecule has 0 fully saturated rings. The highest BCUT2D eigenvalue weighted by atomic mass is 15.1. The summed E-state index contributed by atoms with van der Waals surface area (Å²) in [5.74, 6) is -0.129. The first kappa shape index (κ1) is 5.09. The van der Waals surface area contributed by atoms with Crippen LogP contribution in [0.2, 0.25) is 0 Å². The molecule has 1 aromatic heterocycles. The summed E-state index contributed by atoms with van der Waals surface area (Å²) < 4.78 is 14.5. The molecular formula is C6H7N5. The fourth-order valence-electron chi connectivity index (χ4n) is 0.517. The molecule has 0 amide bonds. The van der Waals surface area contributed by atoms with Gasteiger partial charge >= 0.3 is 0 Å². The second-order valence-electron chi connectivity index (χ2n) is 1.89. The molecule has 5 nitrogen and oxygen atoms in total. The lowest BCUT2D eigenvalue weighted by molar-refractivity contribution is 0.892. The maximum absolute atomic E-state index is 8.08. The molecule has 0 aliphatic heterocycles. The van der Waals surface area contributed by atoms with E-state index in [-0.39, 0.29) is 5.82 Å². The lowest BCUT2D eigenvalue weighted by Crippen LogP contribution is -1.91. The lowest BCUT2D eigenvalue weighted by Gasteiger charge is -1.92. The minimum absolute atomic E-state index is 0.129. The second-order valence-corrected chi connectivity index (χ2v) is 1.89. The van der Waals surface area contributed by atoms with Crippen molar-refractivity contribution >= 4 is 0 Å². The molecule has 0 saturated carbocycles. The number of nitrogens with zero attached hydrogens (tertiary/aromatic N) is 5. The molecule has 1 aromatic rings. The van der Waals surface area contributed by atoms with Crippen molar-refractivity contribution in [1.82, 2.24) is 9.97 Å². The van der Waals surface area contributed by atoms with Crippen molar-refractivity contribution < 1.29 is 2.74 Å². The zero-order valence-electron chi connectivity index (χ0n) is 7.89. The van der Waals surface area contributed by atoms with E-state index in [0.717, 1.165) is 5.56 Å². The van der Waals surface area contributed by atoms with Crippen LogP contribution in [-0.2, 0) is 6.50 Å². The summed E-state index contributed by atoms with van der Waals surface area (Å²) >= 11 is 0. The molecule has 11 heavy (non-hydrogen) atoms. The average Bonchev–Trinajstić information content (AvgIpc) is 2.05. The SMILES string of the molecule is [2H]C([2H])(N=[N+]=[N-])c1ncc(C)cn1. The summed E-state index contributed by atoms with van der Waals surface area (Å²) in [6, 6.07) is 0. The highest BCUT2D eigenvalue weighted by Gasteiger charge is 1.91. The monoisotopic (exact) mass is 151 g/mol. The molecule has 0 aromatic carbocycles. The van der Waals surface area contributed by atoms with Gasteiger partial charge in [-0.3, -0.25) is 0 Å². The molecule has 0 aliphatic carbocycles. The van der Waals surface area contributed by atoms with Crippen molar-refractivity contribution in [3.05, 3.63) is 34.2 Å². The second kappa shape index (κ2) is 3.53. The number of hydrogen-bond donors (Lipinski definition) is 0. The van der Waals surface area contributed by atoms with Gasteiger partial charge in [0.1, 0.15) is 5.82 Å². The third-order valence-electron chi connectivity index (χ3n) is 0.976. The number of aryl methyl sites for hydroxylation is 1. The van der Waals surface area contributed by atoms with Crippen LogP contribution in [0.25, 0.3) is 10.4 Å². The van der Waals surface area contributed by atoms with E-state index in [1.807, 2.05) is 0 Å². The van der Waals surface area contributed by atoms with Crippen LogP contribution < -0.4 is 0 Å². The highest BCUT2D eigenvalue weighted by Crippen LogP contribution is 1.94. The molecular weight excluding hydrogens is 142 g/mol. The van der Waals surface area contributed by atoms with E-state index < -0.39 is 6.50 Å². The summed E-state index contributed by atoms with van der Waals surface area (Å²) in [6.07, 6.45) is 2.93. The minimum atomic E-state index is -2.18.